The Kier molecular flexibility index (Phi) is 5.92. The van der Waals surface area contributed by atoms with Crippen LogP contribution in [-0.4, -0.2) is 34.1 Å². The number of nitrogens with one attached hydrogen (secondary N) is 4. The van der Waals surface area contributed by atoms with Crippen molar-refractivity contribution in [3.05, 3.63) is 67.1 Å². The van der Waals surface area contributed by atoms with Crippen molar-refractivity contribution in [1.82, 2.24) is 20.3 Å². The van der Waals surface area contributed by atoms with Crippen molar-refractivity contribution >= 4 is 29.2 Å². The number of carbonyl (C=O) groups is 1. The molecule has 26 heavy (non-hydrogen) atoms. The van der Waals surface area contributed by atoms with E-state index < -0.39 is 0 Å². The van der Waals surface area contributed by atoms with Crippen molar-refractivity contribution in [3.63, 3.8) is 0 Å². The summed E-state index contributed by atoms with van der Waals surface area (Å²) in [6.45, 7) is 0.980. The van der Waals surface area contributed by atoms with E-state index in [0.29, 0.717) is 30.5 Å². The van der Waals surface area contributed by atoms with E-state index in [-0.39, 0.29) is 6.03 Å². The first-order valence-corrected chi connectivity index (χ1v) is 8.13. The molecule has 3 aromatic rings. The van der Waals surface area contributed by atoms with E-state index in [2.05, 4.69) is 36.2 Å². The van der Waals surface area contributed by atoms with Crippen LogP contribution < -0.4 is 21.3 Å². The van der Waals surface area contributed by atoms with Crippen LogP contribution in [0.5, 0.6) is 0 Å². The van der Waals surface area contributed by atoms with E-state index in [9.17, 15) is 4.79 Å². The Balaban J connectivity index is 1.42. The van der Waals surface area contributed by atoms with Gasteiger partial charge in [0.1, 0.15) is 23.8 Å². The Morgan fingerprint density at radius 3 is 2.46 bits per heavy atom. The molecule has 0 unspecified atom stereocenters. The molecule has 8 nitrogen and oxygen atoms in total. The summed E-state index contributed by atoms with van der Waals surface area (Å²) in [6.07, 6.45) is 3.16. The molecule has 0 radical (unpaired) electrons. The molecule has 0 saturated heterocycles. The molecule has 0 fully saturated rings. The smallest absolute Gasteiger partial charge is 0.319 e. The van der Waals surface area contributed by atoms with Crippen LogP contribution in [-0.2, 0) is 0 Å². The van der Waals surface area contributed by atoms with E-state index in [1.807, 2.05) is 48.5 Å². The number of urea groups is 1. The van der Waals surface area contributed by atoms with Crippen LogP contribution in [0.2, 0.25) is 0 Å². The number of amides is 2. The largest absolute Gasteiger partial charge is 0.368 e. The lowest BCUT2D eigenvalue weighted by Gasteiger charge is -2.10. The van der Waals surface area contributed by atoms with E-state index in [4.69, 9.17) is 0 Å². The highest BCUT2D eigenvalue weighted by Crippen LogP contribution is 2.13. The van der Waals surface area contributed by atoms with E-state index in [0.717, 1.165) is 5.69 Å². The zero-order valence-corrected chi connectivity index (χ0v) is 14.0. The molecule has 0 bridgehead atoms. The number of anilines is 4. The summed E-state index contributed by atoms with van der Waals surface area (Å²) >= 11 is 0. The SMILES string of the molecule is O=C(NCCNc1cc(Nc2ccccn2)ncn1)Nc1ccccc1. The van der Waals surface area contributed by atoms with Crippen molar-refractivity contribution in [3.8, 4) is 0 Å². The Hall–Kier alpha value is -3.68. The van der Waals surface area contributed by atoms with Gasteiger partial charge in [-0.05, 0) is 24.3 Å². The van der Waals surface area contributed by atoms with E-state index in [1.165, 1.54) is 6.33 Å². The number of aromatic nitrogens is 3. The quantitative estimate of drug-likeness (QED) is 0.489. The lowest BCUT2D eigenvalue weighted by atomic mass is 10.3. The summed E-state index contributed by atoms with van der Waals surface area (Å²) in [6, 6.07) is 16.4. The van der Waals surface area contributed by atoms with E-state index >= 15 is 0 Å². The van der Waals surface area contributed by atoms with Gasteiger partial charge in [-0.1, -0.05) is 24.3 Å². The zero-order chi connectivity index (χ0) is 18.0. The summed E-state index contributed by atoms with van der Waals surface area (Å²) in [5.41, 5.74) is 0.749. The first-order chi connectivity index (χ1) is 12.8. The van der Waals surface area contributed by atoms with Gasteiger partial charge in [0.15, 0.2) is 0 Å². The molecule has 8 heteroatoms. The third-order valence-corrected chi connectivity index (χ3v) is 3.34. The van der Waals surface area contributed by atoms with Gasteiger partial charge in [0, 0.05) is 31.0 Å². The maximum Gasteiger partial charge on any atom is 0.319 e. The average molecular weight is 349 g/mol. The average Bonchev–Trinajstić information content (AvgIpc) is 2.67. The van der Waals surface area contributed by atoms with E-state index in [1.54, 1.807) is 12.3 Å². The molecule has 0 saturated carbocycles. The highest BCUT2D eigenvalue weighted by atomic mass is 16.2. The predicted octanol–water partition coefficient (Wildman–Crippen LogP) is 2.85. The van der Waals surface area contributed by atoms with Gasteiger partial charge >= 0.3 is 6.03 Å². The molecule has 0 atom stereocenters. The second kappa shape index (κ2) is 8.97. The minimum Gasteiger partial charge on any atom is -0.368 e. The fourth-order valence-electron chi connectivity index (χ4n) is 2.15. The maximum atomic E-state index is 11.8. The van der Waals surface area contributed by atoms with Crippen molar-refractivity contribution in [2.75, 3.05) is 29.0 Å². The zero-order valence-electron chi connectivity index (χ0n) is 14.0. The minimum absolute atomic E-state index is 0.252. The van der Waals surface area contributed by atoms with Crippen LogP contribution in [0.4, 0.5) is 27.9 Å². The summed E-state index contributed by atoms with van der Waals surface area (Å²) in [5, 5.41) is 11.8. The monoisotopic (exact) mass is 349 g/mol. The van der Waals surface area contributed by atoms with Crippen LogP contribution in [0.1, 0.15) is 0 Å². The predicted molar refractivity (Wildman–Crippen MR) is 102 cm³/mol. The van der Waals surface area contributed by atoms with Crippen LogP contribution in [0.15, 0.2) is 67.1 Å². The third-order valence-electron chi connectivity index (χ3n) is 3.34. The fraction of sp³-hybridized carbons (Fsp3) is 0.111. The Morgan fingerprint density at radius 1 is 0.846 bits per heavy atom. The van der Waals surface area contributed by atoms with Gasteiger partial charge in [-0.2, -0.15) is 0 Å². The van der Waals surface area contributed by atoms with Gasteiger partial charge in [-0.3, -0.25) is 0 Å². The van der Waals surface area contributed by atoms with Gasteiger partial charge in [0.2, 0.25) is 0 Å². The first kappa shape index (κ1) is 17.2. The topological polar surface area (TPSA) is 104 Å². The highest BCUT2D eigenvalue weighted by molar-refractivity contribution is 5.89. The normalized spacial score (nSPS) is 10.0. The number of para-hydroxylation sites is 1. The lowest BCUT2D eigenvalue weighted by Crippen LogP contribution is -2.32. The summed E-state index contributed by atoms with van der Waals surface area (Å²) in [7, 11) is 0. The summed E-state index contributed by atoms with van der Waals surface area (Å²) < 4.78 is 0. The molecule has 0 spiro atoms. The van der Waals surface area contributed by atoms with Crippen LogP contribution >= 0.6 is 0 Å². The van der Waals surface area contributed by atoms with Gasteiger partial charge < -0.3 is 21.3 Å². The Bertz CT molecular complexity index is 827. The van der Waals surface area contributed by atoms with Crippen molar-refractivity contribution in [2.24, 2.45) is 0 Å². The van der Waals surface area contributed by atoms with Crippen LogP contribution in [0.3, 0.4) is 0 Å². The maximum absolute atomic E-state index is 11.8. The molecule has 0 aliphatic rings. The fourth-order valence-corrected chi connectivity index (χ4v) is 2.15. The molecule has 0 aliphatic heterocycles. The van der Waals surface area contributed by atoms with Crippen LogP contribution in [0, 0.1) is 0 Å². The van der Waals surface area contributed by atoms with Gasteiger partial charge in [-0.25, -0.2) is 19.7 Å². The summed E-state index contributed by atoms with van der Waals surface area (Å²) in [5.74, 6) is 2.00. The number of hydrogen-bond acceptors (Lipinski definition) is 6. The molecule has 4 N–H and O–H groups in total. The standard InChI is InChI=1S/C18H19N7O/c26-18(24-14-6-2-1-3-7-14)21-11-10-20-16-12-17(23-13-22-16)25-15-8-4-5-9-19-15/h1-9,12-13H,10-11H2,(H2,21,24,26)(H2,19,20,22,23,25). The molecule has 2 amide bonds. The van der Waals surface area contributed by atoms with Crippen molar-refractivity contribution in [2.45, 2.75) is 0 Å². The van der Waals surface area contributed by atoms with Crippen LogP contribution in [0.25, 0.3) is 0 Å². The number of benzene rings is 1. The van der Waals surface area contributed by atoms with Gasteiger partial charge in [-0.15, -0.1) is 0 Å². The second-order valence-electron chi connectivity index (χ2n) is 5.30. The molecule has 3 rings (SSSR count). The van der Waals surface area contributed by atoms with Gasteiger partial charge in [0.25, 0.3) is 0 Å². The Labute approximate surface area is 151 Å². The number of nitrogens with zero attached hydrogens (tertiary/aromatic N) is 3. The lowest BCUT2D eigenvalue weighted by molar-refractivity contribution is 0.252. The number of pyridine rings is 1. The third kappa shape index (κ3) is 5.45. The highest BCUT2D eigenvalue weighted by Gasteiger charge is 2.02. The van der Waals surface area contributed by atoms with Crippen molar-refractivity contribution < 1.29 is 4.79 Å². The number of hydrogen-bond donors (Lipinski definition) is 4. The minimum atomic E-state index is -0.252. The second-order valence-corrected chi connectivity index (χ2v) is 5.30. The van der Waals surface area contributed by atoms with Crippen molar-refractivity contribution in [1.29, 1.82) is 0 Å². The molecule has 2 aromatic heterocycles. The first-order valence-electron chi connectivity index (χ1n) is 8.13. The number of carbonyl (C=O) groups excluding carboxylic acids is 1. The molecule has 0 aliphatic carbocycles. The Morgan fingerprint density at radius 2 is 1.65 bits per heavy atom. The number of rotatable bonds is 7. The molecule has 132 valence electrons. The molecular formula is C18H19N7O. The van der Waals surface area contributed by atoms with Gasteiger partial charge in [0.05, 0.1) is 0 Å². The molecule has 1 aromatic carbocycles. The molecule has 2 heterocycles. The molecular weight excluding hydrogens is 330 g/mol. The summed E-state index contributed by atoms with van der Waals surface area (Å²) in [4.78, 5) is 24.3.